The van der Waals surface area contributed by atoms with Crippen molar-refractivity contribution in [1.29, 1.82) is 0 Å². The van der Waals surface area contributed by atoms with Crippen LogP contribution in [0.5, 0.6) is 0 Å². The van der Waals surface area contributed by atoms with Crippen LogP contribution < -0.4 is 16.8 Å². The van der Waals surface area contributed by atoms with Gasteiger partial charge < -0.3 is 16.8 Å². The van der Waals surface area contributed by atoms with Crippen molar-refractivity contribution in [3.05, 3.63) is 29.8 Å². The van der Waals surface area contributed by atoms with Gasteiger partial charge in [0.2, 0.25) is 11.8 Å². The second kappa shape index (κ2) is 6.54. The summed E-state index contributed by atoms with van der Waals surface area (Å²) in [6.07, 6.45) is 2.70. The summed E-state index contributed by atoms with van der Waals surface area (Å²) in [5, 5.41) is 2.78. The third-order valence-electron chi connectivity index (χ3n) is 3.32. The Hall–Kier alpha value is -1.59. The Morgan fingerprint density at radius 3 is 2.58 bits per heavy atom. The Kier molecular flexibility index (Phi) is 5.32. The van der Waals surface area contributed by atoms with Gasteiger partial charge in [0.15, 0.2) is 0 Å². The van der Waals surface area contributed by atoms with E-state index < -0.39 is 5.91 Å². The molecule has 5 nitrogen and oxygen atoms in total. The highest BCUT2D eigenvalue weighted by molar-refractivity contribution is 5.97. The molecule has 6 heteroatoms. The predicted octanol–water partition coefficient (Wildman–Crippen LogP) is 1.27. The Morgan fingerprint density at radius 1 is 1.26 bits per heavy atom. The number of carbonyl (C=O) groups excluding carboxylic acids is 2. The van der Waals surface area contributed by atoms with Crippen LogP contribution in [0.1, 0.15) is 29.6 Å². The summed E-state index contributed by atoms with van der Waals surface area (Å²) in [5.74, 6) is -0.729. The topological polar surface area (TPSA) is 98.2 Å². The molecule has 0 saturated heterocycles. The van der Waals surface area contributed by atoms with Crippen LogP contribution in [0.15, 0.2) is 24.3 Å². The van der Waals surface area contributed by atoms with Gasteiger partial charge in [0, 0.05) is 17.3 Å². The molecule has 1 aliphatic carbocycles. The number of nitrogens with one attached hydrogen (secondary N) is 1. The van der Waals surface area contributed by atoms with Gasteiger partial charge in [-0.2, -0.15) is 0 Å². The van der Waals surface area contributed by atoms with E-state index in [1.54, 1.807) is 24.3 Å². The van der Waals surface area contributed by atoms with E-state index in [0.29, 0.717) is 11.3 Å². The van der Waals surface area contributed by atoms with Crippen molar-refractivity contribution in [2.24, 2.45) is 17.4 Å². The van der Waals surface area contributed by atoms with Gasteiger partial charge in [-0.15, -0.1) is 12.4 Å². The summed E-state index contributed by atoms with van der Waals surface area (Å²) in [6.45, 7) is 0. The van der Waals surface area contributed by atoms with Crippen LogP contribution in [0.3, 0.4) is 0 Å². The number of anilines is 1. The molecule has 0 radical (unpaired) electrons. The van der Waals surface area contributed by atoms with Gasteiger partial charge in [0.25, 0.3) is 0 Å². The lowest BCUT2D eigenvalue weighted by Gasteiger charge is -2.15. The minimum absolute atomic E-state index is 0. The second-order valence-corrected chi connectivity index (χ2v) is 4.64. The number of benzene rings is 1. The number of hydrogen-bond donors (Lipinski definition) is 3. The lowest BCUT2D eigenvalue weighted by atomic mass is 10.0. The van der Waals surface area contributed by atoms with Crippen LogP contribution in [0.25, 0.3) is 0 Å². The van der Waals surface area contributed by atoms with E-state index in [4.69, 9.17) is 11.5 Å². The average molecular weight is 284 g/mol. The first-order valence-corrected chi connectivity index (χ1v) is 6.04. The van der Waals surface area contributed by atoms with Crippen molar-refractivity contribution in [3.8, 4) is 0 Å². The molecule has 2 unspecified atom stereocenters. The number of primary amides is 1. The maximum absolute atomic E-state index is 12.0. The van der Waals surface area contributed by atoms with Crippen LogP contribution in [0.2, 0.25) is 0 Å². The summed E-state index contributed by atoms with van der Waals surface area (Å²) in [6, 6.07) is 6.53. The second-order valence-electron chi connectivity index (χ2n) is 4.64. The Bertz CT molecular complexity index is 479. The Balaban J connectivity index is 0.00000180. The first kappa shape index (κ1) is 15.5. The Morgan fingerprint density at radius 2 is 2.00 bits per heavy atom. The van der Waals surface area contributed by atoms with Crippen LogP contribution in [-0.2, 0) is 4.79 Å². The van der Waals surface area contributed by atoms with Gasteiger partial charge in [-0.3, -0.25) is 9.59 Å². The molecular weight excluding hydrogens is 266 g/mol. The molecule has 5 N–H and O–H groups in total. The first-order valence-electron chi connectivity index (χ1n) is 6.04. The predicted molar refractivity (Wildman–Crippen MR) is 76.2 cm³/mol. The van der Waals surface area contributed by atoms with E-state index in [9.17, 15) is 9.59 Å². The summed E-state index contributed by atoms with van der Waals surface area (Å²) in [5.41, 5.74) is 12.0. The summed E-state index contributed by atoms with van der Waals surface area (Å²) in [7, 11) is 0. The lowest BCUT2D eigenvalue weighted by molar-refractivity contribution is -0.120. The largest absolute Gasteiger partial charge is 0.366 e. The summed E-state index contributed by atoms with van der Waals surface area (Å²) >= 11 is 0. The smallest absolute Gasteiger partial charge is 0.248 e. The molecule has 0 heterocycles. The van der Waals surface area contributed by atoms with Gasteiger partial charge >= 0.3 is 0 Å². The molecular formula is C13H18ClN3O2. The van der Waals surface area contributed by atoms with E-state index >= 15 is 0 Å². The Labute approximate surface area is 118 Å². The van der Waals surface area contributed by atoms with Gasteiger partial charge in [0.1, 0.15) is 0 Å². The monoisotopic (exact) mass is 283 g/mol. The zero-order chi connectivity index (χ0) is 13.1. The third kappa shape index (κ3) is 3.68. The minimum atomic E-state index is -0.510. The third-order valence-corrected chi connectivity index (χ3v) is 3.32. The van der Waals surface area contributed by atoms with Crippen molar-refractivity contribution in [3.63, 3.8) is 0 Å². The quantitative estimate of drug-likeness (QED) is 0.779. The number of hydrogen-bond acceptors (Lipinski definition) is 3. The molecule has 0 aliphatic heterocycles. The van der Waals surface area contributed by atoms with E-state index in [0.717, 1.165) is 19.3 Å². The molecule has 1 aliphatic rings. The van der Waals surface area contributed by atoms with Gasteiger partial charge in [-0.05, 0) is 31.0 Å². The van der Waals surface area contributed by atoms with E-state index in [2.05, 4.69) is 5.32 Å². The number of carbonyl (C=O) groups is 2. The maximum atomic E-state index is 12.0. The minimum Gasteiger partial charge on any atom is -0.366 e. The fraction of sp³-hybridized carbons (Fsp3) is 0.385. The van der Waals surface area contributed by atoms with E-state index in [1.807, 2.05) is 0 Å². The summed E-state index contributed by atoms with van der Waals surface area (Å²) < 4.78 is 0. The molecule has 2 amide bonds. The van der Waals surface area contributed by atoms with Crippen LogP contribution >= 0.6 is 12.4 Å². The zero-order valence-electron chi connectivity index (χ0n) is 10.5. The van der Waals surface area contributed by atoms with Crippen molar-refractivity contribution in [1.82, 2.24) is 0 Å². The van der Waals surface area contributed by atoms with Crippen molar-refractivity contribution < 1.29 is 9.59 Å². The fourth-order valence-corrected chi connectivity index (χ4v) is 2.30. The van der Waals surface area contributed by atoms with Crippen molar-refractivity contribution in [2.75, 3.05) is 5.32 Å². The summed E-state index contributed by atoms with van der Waals surface area (Å²) in [4.78, 5) is 23.0. The van der Waals surface area contributed by atoms with E-state index in [1.165, 1.54) is 0 Å². The molecule has 2 atom stereocenters. The SMILES string of the molecule is Cl.NC(=O)c1cccc(NC(=O)C2CCCC2N)c1. The molecule has 0 bridgehead atoms. The molecule has 0 aromatic heterocycles. The molecule has 1 fully saturated rings. The zero-order valence-corrected chi connectivity index (χ0v) is 11.3. The molecule has 1 aromatic rings. The average Bonchev–Trinajstić information content (AvgIpc) is 2.76. The highest BCUT2D eigenvalue weighted by Crippen LogP contribution is 2.25. The normalized spacial score (nSPS) is 21.5. The number of nitrogens with two attached hydrogens (primary N) is 2. The molecule has 2 rings (SSSR count). The molecule has 0 spiro atoms. The van der Waals surface area contributed by atoms with Crippen LogP contribution in [0, 0.1) is 5.92 Å². The number of amides is 2. The van der Waals surface area contributed by atoms with E-state index in [-0.39, 0.29) is 30.3 Å². The van der Waals surface area contributed by atoms with Crippen LogP contribution in [-0.4, -0.2) is 17.9 Å². The fourth-order valence-electron chi connectivity index (χ4n) is 2.30. The standard InChI is InChI=1S/C13H17N3O2.ClH/c14-11-6-2-5-10(11)13(18)16-9-4-1-3-8(7-9)12(15)17;/h1,3-4,7,10-11H,2,5-6,14H2,(H2,15,17)(H,16,18);1H. The highest BCUT2D eigenvalue weighted by atomic mass is 35.5. The highest BCUT2D eigenvalue weighted by Gasteiger charge is 2.30. The number of rotatable bonds is 3. The lowest BCUT2D eigenvalue weighted by Crippen LogP contribution is -2.34. The molecule has 19 heavy (non-hydrogen) atoms. The van der Waals surface area contributed by atoms with Gasteiger partial charge in [-0.1, -0.05) is 12.5 Å². The van der Waals surface area contributed by atoms with Crippen molar-refractivity contribution >= 4 is 29.9 Å². The molecule has 1 aromatic carbocycles. The number of halogens is 1. The van der Waals surface area contributed by atoms with Gasteiger partial charge in [0.05, 0.1) is 5.92 Å². The van der Waals surface area contributed by atoms with Crippen LogP contribution in [0.4, 0.5) is 5.69 Å². The molecule has 104 valence electrons. The maximum Gasteiger partial charge on any atom is 0.248 e. The first-order chi connectivity index (χ1) is 8.58. The van der Waals surface area contributed by atoms with Crippen molar-refractivity contribution in [2.45, 2.75) is 25.3 Å². The van der Waals surface area contributed by atoms with Gasteiger partial charge in [-0.25, -0.2) is 0 Å². The molecule has 1 saturated carbocycles.